The molecule has 0 fully saturated rings. The maximum Gasteiger partial charge on any atom is 0.335 e. The van der Waals surface area contributed by atoms with Gasteiger partial charge in [0.15, 0.2) is 0 Å². The summed E-state index contributed by atoms with van der Waals surface area (Å²) in [5.74, 6) is 0.301. The number of nitrogens with one attached hydrogen (secondary N) is 1. The number of aromatic nitrogens is 1. The molecule has 36 heavy (non-hydrogen) atoms. The standard InChI is InChI=1S/C26H22Cl2N2O5S/c1-15(2)25-20(24(29-35-25)23-21(27)4-3-5-22(23)28)14-34-18-10-8-17(9-11-18)30-36(33)19-12-6-16(7-13-19)26(31)32/h3-13,15,30H,14H2,1-2H3,(H,31,32). The van der Waals surface area contributed by atoms with Gasteiger partial charge in [-0.2, -0.15) is 0 Å². The minimum atomic E-state index is -1.56. The van der Waals surface area contributed by atoms with Gasteiger partial charge in [0, 0.05) is 17.2 Å². The third kappa shape index (κ3) is 5.73. The Morgan fingerprint density at radius 3 is 2.28 bits per heavy atom. The lowest BCUT2D eigenvalue weighted by molar-refractivity contribution is 0.0696. The number of carbonyl (C=O) groups is 1. The number of halogens is 2. The molecule has 2 N–H and O–H groups in total. The van der Waals surface area contributed by atoms with E-state index in [1.807, 2.05) is 13.8 Å². The normalized spacial score (nSPS) is 11.9. The predicted molar refractivity (Wildman–Crippen MR) is 140 cm³/mol. The topological polar surface area (TPSA) is 102 Å². The van der Waals surface area contributed by atoms with E-state index in [2.05, 4.69) is 9.88 Å². The van der Waals surface area contributed by atoms with Crippen molar-refractivity contribution in [2.24, 2.45) is 0 Å². The van der Waals surface area contributed by atoms with Crippen LogP contribution in [0.5, 0.6) is 5.75 Å². The van der Waals surface area contributed by atoms with Gasteiger partial charge in [-0.3, -0.25) is 0 Å². The van der Waals surface area contributed by atoms with E-state index in [-0.39, 0.29) is 18.1 Å². The summed E-state index contributed by atoms with van der Waals surface area (Å²) < 4.78 is 27.1. The van der Waals surface area contributed by atoms with Gasteiger partial charge in [-0.05, 0) is 60.7 Å². The van der Waals surface area contributed by atoms with E-state index < -0.39 is 17.0 Å². The van der Waals surface area contributed by atoms with Crippen LogP contribution in [-0.2, 0) is 17.6 Å². The van der Waals surface area contributed by atoms with Crippen molar-refractivity contribution in [3.8, 4) is 17.0 Å². The molecule has 4 aromatic rings. The van der Waals surface area contributed by atoms with Crippen LogP contribution in [0.2, 0.25) is 10.0 Å². The van der Waals surface area contributed by atoms with Gasteiger partial charge in [0.2, 0.25) is 0 Å². The number of anilines is 1. The highest BCUT2D eigenvalue weighted by Crippen LogP contribution is 2.38. The predicted octanol–water partition coefficient (Wildman–Crippen LogP) is 7.18. The van der Waals surface area contributed by atoms with Crippen molar-refractivity contribution < 1.29 is 23.4 Å². The summed E-state index contributed by atoms with van der Waals surface area (Å²) in [6, 6.07) is 18.1. The van der Waals surface area contributed by atoms with Crippen molar-refractivity contribution in [1.29, 1.82) is 0 Å². The van der Waals surface area contributed by atoms with Crippen molar-refractivity contribution >= 4 is 45.8 Å². The molecule has 0 aliphatic rings. The third-order valence-corrected chi connectivity index (χ3v) is 7.06. The van der Waals surface area contributed by atoms with Crippen molar-refractivity contribution in [3.05, 3.63) is 93.7 Å². The number of carboxylic acids is 1. The van der Waals surface area contributed by atoms with E-state index in [1.54, 1.807) is 42.5 Å². The second kappa shape index (κ2) is 11.2. The van der Waals surface area contributed by atoms with E-state index in [0.717, 1.165) is 5.56 Å². The van der Waals surface area contributed by atoms with Crippen LogP contribution in [0.25, 0.3) is 11.3 Å². The molecule has 1 heterocycles. The molecule has 10 heteroatoms. The molecule has 0 spiro atoms. The summed E-state index contributed by atoms with van der Waals surface area (Å²) in [7, 11) is -1.56. The minimum absolute atomic E-state index is 0.0669. The molecule has 186 valence electrons. The van der Waals surface area contributed by atoms with E-state index in [1.165, 1.54) is 24.3 Å². The minimum Gasteiger partial charge on any atom is -0.489 e. The Morgan fingerprint density at radius 1 is 1.06 bits per heavy atom. The molecule has 0 saturated carbocycles. The largest absolute Gasteiger partial charge is 0.489 e. The number of nitrogens with zero attached hydrogens (tertiary/aromatic N) is 1. The van der Waals surface area contributed by atoms with Crippen molar-refractivity contribution in [3.63, 3.8) is 0 Å². The van der Waals surface area contributed by atoms with Crippen LogP contribution in [0.3, 0.4) is 0 Å². The van der Waals surface area contributed by atoms with Gasteiger partial charge in [-0.25, -0.2) is 9.00 Å². The highest BCUT2D eigenvalue weighted by Gasteiger charge is 2.23. The summed E-state index contributed by atoms with van der Waals surface area (Å²) in [5, 5.41) is 14.2. The Labute approximate surface area is 220 Å². The van der Waals surface area contributed by atoms with Crippen LogP contribution in [-0.4, -0.2) is 20.4 Å². The Bertz CT molecular complexity index is 1380. The second-order valence-electron chi connectivity index (χ2n) is 8.14. The van der Waals surface area contributed by atoms with Crippen LogP contribution in [0.4, 0.5) is 5.69 Å². The van der Waals surface area contributed by atoms with Gasteiger partial charge >= 0.3 is 5.97 Å². The zero-order valence-electron chi connectivity index (χ0n) is 19.3. The molecule has 0 bridgehead atoms. The Hall–Kier alpha value is -3.33. The van der Waals surface area contributed by atoms with E-state index in [0.29, 0.717) is 43.4 Å². The molecule has 1 atom stereocenters. The lowest BCUT2D eigenvalue weighted by atomic mass is 10.0. The monoisotopic (exact) mass is 544 g/mol. The average Bonchev–Trinajstić information content (AvgIpc) is 3.27. The maximum absolute atomic E-state index is 12.6. The highest BCUT2D eigenvalue weighted by atomic mass is 35.5. The average molecular weight is 545 g/mol. The summed E-state index contributed by atoms with van der Waals surface area (Å²) in [6.45, 7) is 4.18. The number of benzene rings is 3. The number of ether oxygens (including phenoxy) is 1. The van der Waals surface area contributed by atoms with Gasteiger partial charge in [-0.15, -0.1) is 0 Å². The van der Waals surface area contributed by atoms with Crippen LogP contribution in [0.15, 0.2) is 76.1 Å². The molecule has 7 nitrogen and oxygen atoms in total. The quantitative estimate of drug-likeness (QED) is 0.231. The number of rotatable bonds is 9. The van der Waals surface area contributed by atoms with Gasteiger partial charge in [0.1, 0.15) is 34.8 Å². The van der Waals surface area contributed by atoms with Gasteiger partial charge in [0.25, 0.3) is 0 Å². The first-order valence-electron chi connectivity index (χ1n) is 10.9. The highest BCUT2D eigenvalue weighted by molar-refractivity contribution is 7.86. The number of aromatic carboxylic acids is 1. The first-order chi connectivity index (χ1) is 17.2. The first-order valence-corrected chi connectivity index (χ1v) is 12.8. The molecular weight excluding hydrogens is 523 g/mol. The SMILES string of the molecule is CC(C)c1onc(-c2c(Cl)cccc2Cl)c1COc1ccc(NS(=O)c2ccc(C(=O)O)cc2)cc1. The molecule has 3 aromatic carbocycles. The molecule has 0 radical (unpaired) electrons. The molecule has 4 rings (SSSR count). The van der Waals surface area contributed by atoms with E-state index in [9.17, 15) is 9.00 Å². The lowest BCUT2D eigenvalue weighted by Gasteiger charge is -2.11. The van der Waals surface area contributed by atoms with Gasteiger partial charge in [-0.1, -0.05) is 48.3 Å². The van der Waals surface area contributed by atoms with Crippen LogP contribution < -0.4 is 9.46 Å². The van der Waals surface area contributed by atoms with Gasteiger partial charge < -0.3 is 19.1 Å². The van der Waals surface area contributed by atoms with Crippen molar-refractivity contribution in [1.82, 2.24) is 5.16 Å². The zero-order chi connectivity index (χ0) is 25.8. The smallest absolute Gasteiger partial charge is 0.335 e. The van der Waals surface area contributed by atoms with Gasteiger partial charge in [0.05, 0.1) is 26.1 Å². The summed E-state index contributed by atoms with van der Waals surface area (Å²) in [5.41, 5.74) is 2.63. The van der Waals surface area contributed by atoms with Crippen LogP contribution in [0, 0.1) is 0 Å². The first kappa shape index (κ1) is 25.8. The molecular formula is C26H22Cl2N2O5S. The third-order valence-electron chi connectivity index (χ3n) is 5.31. The van der Waals surface area contributed by atoms with Crippen molar-refractivity contribution in [2.75, 3.05) is 4.72 Å². The molecule has 0 saturated heterocycles. The number of hydrogen-bond acceptors (Lipinski definition) is 5. The van der Waals surface area contributed by atoms with Crippen molar-refractivity contribution in [2.45, 2.75) is 31.3 Å². The van der Waals surface area contributed by atoms with E-state index >= 15 is 0 Å². The fraction of sp³-hybridized carbons (Fsp3) is 0.154. The summed E-state index contributed by atoms with van der Waals surface area (Å²) in [4.78, 5) is 11.4. The van der Waals surface area contributed by atoms with Crippen LogP contribution >= 0.6 is 23.2 Å². The fourth-order valence-electron chi connectivity index (χ4n) is 3.50. The number of carboxylic acid groups (broad SMARTS) is 1. The molecule has 0 aliphatic heterocycles. The van der Waals surface area contributed by atoms with Crippen LogP contribution in [0.1, 0.15) is 41.4 Å². The molecule has 1 unspecified atom stereocenters. The Kier molecular flexibility index (Phi) is 7.98. The Balaban J connectivity index is 1.47. The molecule has 0 amide bonds. The zero-order valence-corrected chi connectivity index (χ0v) is 21.7. The summed E-state index contributed by atoms with van der Waals surface area (Å²) >= 11 is 12.8. The number of hydrogen-bond donors (Lipinski definition) is 2. The molecule has 0 aliphatic carbocycles. The fourth-order valence-corrected chi connectivity index (χ4v) is 4.93. The second-order valence-corrected chi connectivity index (χ2v) is 10.2. The van der Waals surface area contributed by atoms with E-state index in [4.69, 9.17) is 37.6 Å². The molecule has 1 aromatic heterocycles. The summed E-state index contributed by atoms with van der Waals surface area (Å²) in [6.07, 6.45) is 0. The Morgan fingerprint density at radius 2 is 1.69 bits per heavy atom. The lowest BCUT2D eigenvalue weighted by Crippen LogP contribution is -2.05. The maximum atomic E-state index is 12.6.